The van der Waals surface area contributed by atoms with Crippen molar-refractivity contribution in [1.29, 1.82) is 0 Å². The number of benzene rings is 1. The van der Waals surface area contributed by atoms with E-state index in [1.807, 2.05) is 11.9 Å². The molecule has 0 N–H and O–H groups in total. The fourth-order valence-electron chi connectivity index (χ4n) is 5.26. The zero-order valence-electron chi connectivity index (χ0n) is 20.2. The predicted octanol–water partition coefficient (Wildman–Crippen LogP) is 5.32. The third-order valence-electron chi connectivity index (χ3n) is 7.11. The van der Waals surface area contributed by atoms with Crippen LogP contribution in [0.4, 0.5) is 26.3 Å². The fraction of sp³-hybridized carbons (Fsp3) is 0.542. The Morgan fingerprint density at radius 3 is 2.32 bits per heavy atom. The number of carbonyl (C=O) groups is 1. The van der Waals surface area contributed by atoms with E-state index in [-0.39, 0.29) is 48.5 Å². The summed E-state index contributed by atoms with van der Waals surface area (Å²) in [6.45, 7) is -0.606. The number of likely N-dealkylation sites (N-methyl/N-ethyl adjacent to an activating group) is 1. The lowest BCUT2D eigenvalue weighted by atomic mass is 9.81. The molecule has 0 saturated carbocycles. The number of rotatable bonds is 5. The number of fused-ring (bicyclic) bond motifs is 2. The summed E-state index contributed by atoms with van der Waals surface area (Å²) in [5, 5.41) is 0.0618. The lowest BCUT2D eigenvalue weighted by Gasteiger charge is -2.50. The van der Waals surface area contributed by atoms with Crippen LogP contribution in [0.5, 0.6) is 5.75 Å². The molecule has 1 aromatic heterocycles. The quantitative estimate of drug-likeness (QED) is 0.470. The molecule has 6 nitrogen and oxygen atoms in total. The molecule has 0 radical (unpaired) electrons. The maximum atomic E-state index is 13.6. The van der Waals surface area contributed by atoms with Crippen LogP contribution < -0.4 is 4.74 Å². The van der Waals surface area contributed by atoms with Crippen molar-refractivity contribution in [2.45, 2.75) is 43.9 Å². The highest BCUT2D eigenvalue weighted by molar-refractivity contribution is 6.31. The smallest absolute Gasteiger partial charge is 0.431 e. The minimum Gasteiger partial charge on any atom is -0.496 e. The number of carbonyl (C=O) groups excluding carboxylic acids is 1. The number of piperidine rings is 1. The first-order valence-corrected chi connectivity index (χ1v) is 11.9. The molecule has 1 saturated heterocycles. The molecule has 0 unspecified atom stereocenters. The van der Waals surface area contributed by atoms with Crippen LogP contribution in [0.1, 0.15) is 40.2 Å². The minimum atomic E-state index is -4.53. The highest BCUT2D eigenvalue weighted by atomic mass is 35.5. The number of hydrogen-bond donors (Lipinski definition) is 0. The molecule has 4 rings (SSSR count). The summed E-state index contributed by atoms with van der Waals surface area (Å²) in [6, 6.07) is 5.39. The van der Waals surface area contributed by atoms with Crippen LogP contribution in [0.3, 0.4) is 0 Å². The summed E-state index contributed by atoms with van der Waals surface area (Å²) in [4.78, 5) is 16.8. The van der Waals surface area contributed by atoms with Gasteiger partial charge in [-0.3, -0.25) is 9.69 Å². The van der Waals surface area contributed by atoms with Crippen LogP contribution in [-0.4, -0.2) is 66.8 Å². The van der Waals surface area contributed by atoms with Gasteiger partial charge in [0, 0.05) is 37.3 Å². The molecule has 1 aromatic carbocycles. The molecular weight excluding hydrogens is 528 g/mol. The van der Waals surface area contributed by atoms with E-state index in [1.54, 1.807) is 4.90 Å². The van der Waals surface area contributed by atoms with Gasteiger partial charge in [-0.2, -0.15) is 26.3 Å². The van der Waals surface area contributed by atoms with Crippen LogP contribution >= 0.6 is 11.6 Å². The number of ether oxygens (including phenoxy) is 2. The lowest BCUT2D eigenvalue weighted by molar-refractivity contribution is -0.176. The van der Waals surface area contributed by atoms with E-state index in [4.69, 9.17) is 16.3 Å². The second kappa shape index (κ2) is 10.0. The van der Waals surface area contributed by atoms with E-state index in [1.165, 1.54) is 29.9 Å². The Morgan fingerprint density at radius 1 is 1.05 bits per heavy atom. The molecule has 2 aliphatic rings. The molecule has 37 heavy (non-hydrogen) atoms. The molecule has 13 heteroatoms. The molecule has 3 heterocycles. The van der Waals surface area contributed by atoms with Crippen molar-refractivity contribution < 1.29 is 40.6 Å². The SMILES string of the molecule is COc1cc(C(=O)N2CCC3(CC2)c2c(Cl)cc(C(F)(F)F)n2CCN3C)ccc1COCC(F)(F)F. The number of likely N-dealkylation sites (tertiary alicyclic amines) is 1. The largest absolute Gasteiger partial charge is 0.496 e. The summed E-state index contributed by atoms with van der Waals surface area (Å²) in [7, 11) is 3.19. The van der Waals surface area contributed by atoms with Crippen molar-refractivity contribution in [2.75, 3.05) is 40.4 Å². The number of halogens is 7. The molecule has 1 amide bonds. The van der Waals surface area contributed by atoms with Crippen molar-refractivity contribution in [1.82, 2.24) is 14.4 Å². The Labute approximate surface area is 214 Å². The summed E-state index contributed by atoms with van der Waals surface area (Å²) < 4.78 is 89.1. The first kappa shape index (κ1) is 27.6. The van der Waals surface area contributed by atoms with Gasteiger partial charge in [-0.1, -0.05) is 17.7 Å². The summed E-state index contributed by atoms with van der Waals surface area (Å²) >= 11 is 6.35. The van der Waals surface area contributed by atoms with E-state index in [0.29, 0.717) is 30.6 Å². The van der Waals surface area contributed by atoms with Crippen molar-refractivity contribution in [3.8, 4) is 5.75 Å². The Kier molecular flexibility index (Phi) is 7.48. The standard InChI is InChI=1S/C24H26ClF6N3O3/c1-32-9-10-34-19(24(29,30)31)12-17(25)20(34)22(32)5-7-33(8-6-22)21(35)15-3-4-16(18(11-15)36-2)13-37-14-23(26,27)28/h3-4,11-12H,5-10,13-14H2,1-2H3. The zero-order valence-corrected chi connectivity index (χ0v) is 20.9. The minimum absolute atomic E-state index is 0.0618. The molecular formula is C24H26ClF6N3O3. The van der Waals surface area contributed by atoms with Crippen molar-refractivity contribution in [3.05, 3.63) is 51.8 Å². The topological polar surface area (TPSA) is 46.9 Å². The average Bonchev–Trinajstić information content (AvgIpc) is 3.19. The molecule has 2 aliphatic heterocycles. The van der Waals surface area contributed by atoms with E-state index < -0.39 is 30.2 Å². The number of aromatic nitrogens is 1. The van der Waals surface area contributed by atoms with Gasteiger partial charge in [0.2, 0.25) is 0 Å². The van der Waals surface area contributed by atoms with E-state index in [9.17, 15) is 31.1 Å². The van der Waals surface area contributed by atoms with Crippen LogP contribution in [-0.2, 0) is 29.6 Å². The Morgan fingerprint density at radius 2 is 1.73 bits per heavy atom. The second-order valence-corrected chi connectivity index (χ2v) is 9.66. The third-order valence-corrected chi connectivity index (χ3v) is 7.39. The van der Waals surface area contributed by atoms with Crippen molar-refractivity contribution >= 4 is 17.5 Å². The number of hydrogen-bond acceptors (Lipinski definition) is 4. The fourth-order valence-corrected chi connectivity index (χ4v) is 5.64. The average molecular weight is 554 g/mol. The summed E-state index contributed by atoms with van der Waals surface area (Å²) in [5.41, 5.74) is -0.449. The van der Waals surface area contributed by atoms with E-state index in [0.717, 1.165) is 6.07 Å². The van der Waals surface area contributed by atoms with Gasteiger partial charge >= 0.3 is 12.4 Å². The summed E-state index contributed by atoms with van der Waals surface area (Å²) in [5.74, 6) is -0.0929. The highest BCUT2D eigenvalue weighted by Gasteiger charge is 2.49. The van der Waals surface area contributed by atoms with Crippen molar-refractivity contribution in [2.24, 2.45) is 0 Å². The van der Waals surface area contributed by atoms with Gasteiger partial charge in [0.05, 0.1) is 30.0 Å². The first-order valence-electron chi connectivity index (χ1n) is 11.6. The van der Waals surface area contributed by atoms with Crippen LogP contribution in [0, 0.1) is 0 Å². The van der Waals surface area contributed by atoms with Crippen LogP contribution in [0.2, 0.25) is 5.02 Å². The number of amides is 1. The maximum absolute atomic E-state index is 13.6. The van der Waals surface area contributed by atoms with Crippen LogP contribution in [0.25, 0.3) is 0 Å². The van der Waals surface area contributed by atoms with Crippen molar-refractivity contribution in [3.63, 3.8) is 0 Å². The van der Waals surface area contributed by atoms with Gasteiger partial charge in [-0.15, -0.1) is 0 Å². The van der Waals surface area contributed by atoms with Gasteiger partial charge in [-0.25, -0.2) is 0 Å². The highest BCUT2D eigenvalue weighted by Crippen LogP contribution is 2.47. The molecule has 204 valence electrons. The Bertz CT molecular complexity index is 1160. The number of nitrogens with zero attached hydrogens (tertiary/aromatic N) is 3. The third kappa shape index (κ3) is 5.42. The van der Waals surface area contributed by atoms with E-state index in [2.05, 4.69) is 4.74 Å². The van der Waals surface area contributed by atoms with Gasteiger partial charge in [-0.05, 0) is 38.1 Å². The van der Waals surface area contributed by atoms with Gasteiger partial charge in [0.1, 0.15) is 18.1 Å². The lowest BCUT2D eigenvalue weighted by Crippen LogP contribution is -2.57. The second-order valence-electron chi connectivity index (χ2n) is 9.26. The molecule has 1 fully saturated rings. The van der Waals surface area contributed by atoms with Gasteiger partial charge < -0.3 is 18.9 Å². The zero-order chi connectivity index (χ0) is 27.2. The normalized spacial score (nSPS) is 18.2. The number of methoxy groups -OCH3 is 1. The predicted molar refractivity (Wildman–Crippen MR) is 123 cm³/mol. The molecule has 1 spiro atoms. The van der Waals surface area contributed by atoms with E-state index >= 15 is 0 Å². The monoisotopic (exact) mass is 553 g/mol. The molecule has 2 aromatic rings. The molecule has 0 bridgehead atoms. The van der Waals surface area contributed by atoms with Gasteiger partial charge in [0.25, 0.3) is 5.91 Å². The van der Waals surface area contributed by atoms with Gasteiger partial charge in [0.15, 0.2) is 0 Å². The van der Waals surface area contributed by atoms with Crippen LogP contribution in [0.15, 0.2) is 24.3 Å². The molecule has 0 aliphatic carbocycles. The maximum Gasteiger partial charge on any atom is 0.431 e. The molecule has 0 atom stereocenters. The number of alkyl halides is 6. The summed E-state index contributed by atoms with van der Waals surface area (Å²) in [6.07, 6.45) is -8.21. The first-order chi connectivity index (χ1) is 17.3. The Hall–Kier alpha value is -2.44. The Balaban J connectivity index is 1.50.